The second kappa shape index (κ2) is 47.5. The Bertz CT molecular complexity index is 988. The van der Waals surface area contributed by atoms with Gasteiger partial charge in [0.1, 0.15) is 0 Å². The second-order valence-corrected chi connectivity index (χ2v) is 16.8. The third-order valence-corrected chi connectivity index (χ3v) is 11.1. The minimum atomic E-state index is -0.857. The van der Waals surface area contributed by atoms with Gasteiger partial charge in [-0.25, -0.2) is 0 Å². The number of carbonyl (C=O) groups excluding carboxylic acids is 2. The Labute approximate surface area is 359 Å². The predicted octanol–water partition coefficient (Wildman–Crippen LogP) is 14.7. The van der Waals surface area contributed by atoms with Gasteiger partial charge < -0.3 is 20.3 Å². The molecule has 0 aromatic heterocycles. The highest BCUT2D eigenvalue weighted by molar-refractivity contribution is 5.76. The summed E-state index contributed by atoms with van der Waals surface area (Å²) in [5.74, 6) is -0.123. The van der Waals surface area contributed by atoms with Crippen molar-refractivity contribution in [3.63, 3.8) is 0 Å². The van der Waals surface area contributed by atoms with Gasteiger partial charge >= 0.3 is 5.97 Å². The number of esters is 1. The molecule has 2 atom stereocenters. The number of carbonyl (C=O) groups is 2. The first-order valence-corrected chi connectivity index (χ1v) is 24.9. The fourth-order valence-corrected chi connectivity index (χ4v) is 7.20. The van der Waals surface area contributed by atoms with Gasteiger partial charge in [-0.15, -0.1) is 0 Å². The van der Waals surface area contributed by atoms with Crippen LogP contribution >= 0.6 is 0 Å². The summed E-state index contributed by atoms with van der Waals surface area (Å²) >= 11 is 0. The minimum Gasteiger partial charge on any atom is -0.466 e. The number of aliphatic hydroxyl groups excluding tert-OH is 2. The number of hydrogen-bond acceptors (Lipinski definition) is 5. The summed E-state index contributed by atoms with van der Waals surface area (Å²) in [4.78, 5) is 24.4. The Morgan fingerprint density at radius 3 is 1.33 bits per heavy atom. The van der Waals surface area contributed by atoms with Crippen molar-refractivity contribution in [1.82, 2.24) is 5.32 Å². The Balaban J connectivity index is 3.53. The van der Waals surface area contributed by atoms with Crippen LogP contribution in [0.2, 0.25) is 0 Å². The highest BCUT2D eigenvalue weighted by Gasteiger charge is 2.18. The molecule has 6 nitrogen and oxygen atoms in total. The smallest absolute Gasteiger partial charge is 0.305 e. The van der Waals surface area contributed by atoms with E-state index in [0.717, 1.165) is 77.0 Å². The molecule has 3 N–H and O–H groups in total. The number of unbranched alkanes of at least 4 members (excludes halogenated alkanes) is 29. The number of nitrogens with one attached hydrogen (secondary N) is 1. The average Bonchev–Trinajstić information content (AvgIpc) is 3.22. The van der Waals surface area contributed by atoms with E-state index in [0.29, 0.717) is 19.4 Å². The Morgan fingerprint density at radius 1 is 0.483 bits per heavy atom. The summed E-state index contributed by atoms with van der Waals surface area (Å²) in [5, 5.41) is 22.9. The summed E-state index contributed by atoms with van der Waals surface area (Å²) in [5.41, 5.74) is 0. The van der Waals surface area contributed by atoms with Crippen LogP contribution in [0.15, 0.2) is 48.6 Å². The van der Waals surface area contributed by atoms with E-state index in [9.17, 15) is 19.8 Å². The molecule has 0 heterocycles. The van der Waals surface area contributed by atoms with Crippen molar-refractivity contribution in [3.8, 4) is 0 Å². The van der Waals surface area contributed by atoms with E-state index in [2.05, 4.69) is 55.6 Å². The lowest BCUT2D eigenvalue weighted by Crippen LogP contribution is -2.45. The zero-order chi connectivity index (χ0) is 42.3. The topological polar surface area (TPSA) is 95.9 Å². The quantitative estimate of drug-likeness (QED) is 0.0246. The Morgan fingerprint density at radius 2 is 0.862 bits per heavy atom. The van der Waals surface area contributed by atoms with Crippen LogP contribution in [-0.4, -0.2) is 47.4 Å². The van der Waals surface area contributed by atoms with E-state index < -0.39 is 12.1 Å². The maximum atomic E-state index is 12.3. The van der Waals surface area contributed by atoms with E-state index in [4.69, 9.17) is 4.74 Å². The van der Waals surface area contributed by atoms with E-state index in [1.54, 1.807) is 6.08 Å². The van der Waals surface area contributed by atoms with Crippen molar-refractivity contribution >= 4 is 11.9 Å². The maximum absolute atomic E-state index is 12.3. The van der Waals surface area contributed by atoms with Crippen molar-refractivity contribution in [3.05, 3.63) is 48.6 Å². The normalized spacial score (nSPS) is 13.1. The summed E-state index contributed by atoms with van der Waals surface area (Å²) < 4.78 is 5.44. The first-order chi connectivity index (χ1) is 28.5. The highest BCUT2D eigenvalue weighted by atomic mass is 16.5. The average molecular weight is 814 g/mol. The summed E-state index contributed by atoms with van der Waals surface area (Å²) in [6.45, 7) is 4.79. The second-order valence-electron chi connectivity index (χ2n) is 16.8. The fourth-order valence-electron chi connectivity index (χ4n) is 7.20. The summed E-state index contributed by atoms with van der Waals surface area (Å²) in [7, 11) is 0. The van der Waals surface area contributed by atoms with Crippen LogP contribution in [0.4, 0.5) is 0 Å². The molecule has 0 aromatic carbocycles. The first-order valence-electron chi connectivity index (χ1n) is 24.9. The van der Waals surface area contributed by atoms with E-state index in [1.165, 1.54) is 141 Å². The molecular formula is C52H95NO5. The summed E-state index contributed by atoms with van der Waals surface area (Å²) in [6, 6.07) is -0.643. The molecule has 0 spiro atoms. The molecule has 1 amide bonds. The molecule has 0 aliphatic heterocycles. The number of ether oxygens (including phenoxy) is 1. The molecule has 0 aliphatic carbocycles. The number of aliphatic hydroxyl groups is 2. The molecule has 0 aromatic rings. The van der Waals surface area contributed by atoms with E-state index in [1.807, 2.05) is 6.08 Å². The van der Waals surface area contributed by atoms with Gasteiger partial charge in [-0.3, -0.25) is 9.59 Å². The molecule has 0 saturated heterocycles. The molecule has 2 unspecified atom stereocenters. The first kappa shape index (κ1) is 55.8. The van der Waals surface area contributed by atoms with Crippen LogP contribution in [-0.2, 0) is 14.3 Å². The molecule has 338 valence electrons. The molecular weight excluding hydrogens is 719 g/mol. The zero-order valence-corrected chi connectivity index (χ0v) is 38.3. The standard InChI is InChI=1S/C52H95NO5/c1-3-5-7-9-11-13-14-15-16-17-20-23-26-30-34-38-42-46-52(57)58-47-43-39-35-31-27-24-21-18-19-22-25-29-33-37-41-45-51(56)53-49(48-54)50(55)44-40-36-32-28-12-10-8-6-4-2/h15-16,18,21,24,27,40,44,49-50,54-55H,3-14,17,19-20,22-23,25-26,28-39,41-43,45-48H2,1-2H3,(H,53,56)/b16-15-,21-18-,27-24-,44-40+. The van der Waals surface area contributed by atoms with Crippen LogP contribution < -0.4 is 5.32 Å². The van der Waals surface area contributed by atoms with Crippen LogP contribution in [0.1, 0.15) is 245 Å². The van der Waals surface area contributed by atoms with Crippen LogP contribution in [0, 0.1) is 0 Å². The van der Waals surface area contributed by atoms with E-state index >= 15 is 0 Å². The number of amides is 1. The van der Waals surface area contributed by atoms with Gasteiger partial charge in [-0.2, -0.15) is 0 Å². The summed E-state index contributed by atoms with van der Waals surface area (Å²) in [6.07, 6.45) is 58.3. The van der Waals surface area contributed by atoms with Crippen molar-refractivity contribution in [1.29, 1.82) is 0 Å². The van der Waals surface area contributed by atoms with Gasteiger partial charge in [0.15, 0.2) is 0 Å². The van der Waals surface area contributed by atoms with Gasteiger partial charge in [0.25, 0.3) is 0 Å². The van der Waals surface area contributed by atoms with Crippen molar-refractivity contribution in [2.45, 2.75) is 257 Å². The monoisotopic (exact) mass is 814 g/mol. The van der Waals surface area contributed by atoms with E-state index in [-0.39, 0.29) is 18.5 Å². The number of hydrogen-bond donors (Lipinski definition) is 3. The molecule has 0 aliphatic rings. The fraction of sp³-hybridized carbons (Fsp3) is 0.808. The molecule has 58 heavy (non-hydrogen) atoms. The highest BCUT2D eigenvalue weighted by Crippen LogP contribution is 2.14. The number of allylic oxidation sites excluding steroid dienone is 7. The van der Waals surface area contributed by atoms with Gasteiger partial charge in [0.05, 0.1) is 25.4 Å². The molecule has 0 fully saturated rings. The zero-order valence-electron chi connectivity index (χ0n) is 38.3. The molecule has 0 bridgehead atoms. The largest absolute Gasteiger partial charge is 0.466 e. The lowest BCUT2D eigenvalue weighted by atomic mass is 10.1. The van der Waals surface area contributed by atoms with Crippen molar-refractivity contribution < 1.29 is 24.5 Å². The van der Waals surface area contributed by atoms with Gasteiger partial charge in [-0.05, 0) is 89.9 Å². The lowest BCUT2D eigenvalue weighted by Gasteiger charge is -2.20. The van der Waals surface area contributed by atoms with Gasteiger partial charge in [0, 0.05) is 12.8 Å². The van der Waals surface area contributed by atoms with Gasteiger partial charge in [0.2, 0.25) is 5.91 Å². The maximum Gasteiger partial charge on any atom is 0.305 e. The number of rotatable bonds is 45. The third-order valence-electron chi connectivity index (χ3n) is 11.1. The molecule has 0 rings (SSSR count). The predicted molar refractivity (Wildman–Crippen MR) is 250 cm³/mol. The molecule has 0 radical (unpaired) electrons. The molecule has 0 saturated carbocycles. The SMILES string of the molecule is CCCCCCCC/C=C\CCCCCCCCCC(=O)OCCCCC/C=C\C=C/CCCCCCCCC(=O)NC(CO)C(O)/C=C/CCCCCCCCC. The molecule has 6 heteroatoms. The van der Waals surface area contributed by atoms with Crippen molar-refractivity contribution in [2.75, 3.05) is 13.2 Å². The Kier molecular flexibility index (Phi) is 45.7. The van der Waals surface area contributed by atoms with Crippen molar-refractivity contribution in [2.24, 2.45) is 0 Å². The van der Waals surface area contributed by atoms with Gasteiger partial charge in [-0.1, -0.05) is 191 Å². The lowest BCUT2D eigenvalue weighted by molar-refractivity contribution is -0.143. The third kappa shape index (κ3) is 43.4. The van der Waals surface area contributed by atoms with Crippen LogP contribution in [0.5, 0.6) is 0 Å². The van der Waals surface area contributed by atoms with Crippen LogP contribution in [0.25, 0.3) is 0 Å². The Hall–Kier alpha value is -2.18. The van der Waals surface area contributed by atoms with Crippen LogP contribution in [0.3, 0.4) is 0 Å². The minimum absolute atomic E-state index is 0.0276.